The van der Waals surface area contributed by atoms with Gasteiger partial charge in [0.25, 0.3) is 11.8 Å². The van der Waals surface area contributed by atoms with Crippen molar-refractivity contribution < 1.29 is 40.7 Å². The largest absolute Gasteiger partial charge is 0.434 e. The Morgan fingerprint density at radius 3 is 2.24 bits per heavy atom. The van der Waals surface area contributed by atoms with Crippen LogP contribution in [-0.4, -0.2) is 70.3 Å². The second kappa shape index (κ2) is 8.93. The number of alkyl halides is 6. The Balaban J connectivity index is 1.56. The van der Waals surface area contributed by atoms with Crippen LogP contribution in [0, 0.1) is 0 Å². The van der Waals surface area contributed by atoms with Gasteiger partial charge in [0.05, 0.1) is 23.0 Å². The number of nitrogens with zero attached hydrogens (tertiary/aromatic N) is 4. The van der Waals surface area contributed by atoms with Crippen LogP contribution in [-0.2, 0) is 21.9 Å². The Kier molecular flexibility index (Phi) is 6.32. The fourth-order valence-corrected chi connectivity index (χ4v) is 4.06. The van der Waals surface area contributed by atoms with Crippen molar-refractivity contribution in [1.29, 1.82) is 0 Å². The van der Waals surface area contributed by atoms with E-state index in [-0.39, 0.29) is 32.1 Å². The van der Waals surface area contributed by atoms with E-state index in [0.717, 1.165) is 24.6 Å². The van der Waals surface area contributed by atoms with Crippen LogP contribution in [0.15, 0.2) is 30.5 Å². The summed E-state index contributed by atoms with van der Waals surface area (Å²) in [6.07, 6.45) is -8.29. The molecule has 1 aromatic carbocycles. The number of amides is 2. The van der Waals surface area contributed by atoms with Gasteiger partial charge >= 0.3 is 12.4 Å². The van der Waals surface area contributed by atoms with Gasteiger partial charge in [0.2, 0.25) is 0 Å². The average molecular weight is 490 g/mol. The highest BCUT2D eigenvalue weighted by Gasteiger charge is 2.42. The Bertz CT molecular complexity index is 1070. The van der Waals surface area contributed by atoms with E-state index in [1.54, 1.807) is 0 Å². The molecule has 0 unspecified atom stereocenters. The molecular weight excluding hydrogens is 470 g/mol. The molecule has 0 spiro atoms. The van der Waals surface area contributed by atoms with Crippen molar-refractivity contribution in [3.8, 4) is 5.69 Å². The first-order chi connectivity index (χ1) is 16.0. The lowest BCUT2D eigenvalue weighted by Gasteiger charge is -2.35. The second-order valence-corrected chi connectivity index (χ2v) is 7.98. The predicted octanol–water partition coefficient (Wildman–Crippen LogP) is 3.37. The summed E-state index contributed by atoms with van der Waals surface area (Å²) < 4.78 is 86.5. The molecule has 184 valence electrons. The molecular formula is C21H20F6N4O3. The summed E-state index contributed by atoms with van der Waals surface area (Å²) in [6, 6.07) is 3.27. The number of hydrogen-bond acceptors (Lipinski definition) is 4. The van der Waals surface area contributed by atoms with Crippen molar-refractivity contribution in [2.24, 2.45) is 0 Å². The molecule has 1 aromatic heterocycles. The van der Waals surface area contributed by atoms with Gasteiger partial charge in [0, 0.05) is 32.8 Å². The van der Waals surface area contributed by atoms with Gasteiger partial charge in [-0.05, 0) is 31.0 Å². The fraction of sp³-hybridized carbons (Fsp3) is 0.476. The lowest BCUT2D eigenvalue weighted by molar-refractivity contribution is -0.143. The highest BCUT2D eigenvalue weighted by Crippen LogP contribution is 2.36. The zero-order valence-electron chi connectivity index (χ0n) is 17.7. The van der Waals surface area contributed by atoms with Gasteiger partial charge in [-0.15, -0.1) is 0 Å². The van der Waals surface area contributed by atoms with Crippen LogP contribution in [0.25, 0.3) is 5.69 Å². The van der Waals surface area contributed by atoms with E-state index in [1.807, 2.05) is 0 Å². The van der Waals surface area contributed by atoms with E-state index < -0.39 is 46.9 Å². The number of piperazine rings is 1. The number of aromatic nitrogens is 2. The van der Waals surface area contributed by atoms with Crippen LogP contribution in [0.5, 0.6) is 0 Å². The average Bonchev–Trinajstić information content (AvgIpc) is 3.48. The molecule has 2 saturated heterocycles. The first-order valence-electron chi connectivity index (χ1n) is 10.5. The molecule has 2 aromatic rings. The first kappa shape index (κ1) is 24.0. The Morgan fingerprint density at radius 2 is 1.65 bits per heavy atom. The maximum atomic E-state index is 13.9. The monoisotopic (exact) mass is 490 g/mol. The zero-order valence-corrected chi connectivity index (χ0v) is 17.7. The van der Waals surface area contributed by atoms with Gasteiger partial charge in [0.15, 0.2) is 5.69 Å². The number of hydrogen-bond donors (Lipinski definition) is 0. The lowest BCUT2D eigenvalue weighted by atomic mass is 10.1. The molecule has 0 bridgehead atoms. The lowest BCUT2D eigenvalue weighted by Crippen LogP contribution is -2.53. The highest BCUT2D eigenvalue weighted by molar-refractivity contribution is 5.95. The maximum absolute atomic E-state index is 13.9. The summed E-state index contributed by atoms with van der Waals surface area (Å²) in [5, 5.41) is 3.59. The molecule has 34 heavy (non-hydrogen) atoms. The summed E-state index contributed by atoms with van der Waals surface area (Å²) in [5.74, 6) is -1.17. The van der Waals surface area contributed by atoms with Crippen LogP contribution in [0.3, 0.4) is 0 Å². The number of benzene rings is 1. The third kappa shape index (κ3) is 4.74. The van der Waals surface area contributed by atoms with Crippen LogP contribution in [0.2, 0.25) is 0 Å². The zero-order chi connectivity index (χ0) is 24.7. The van der Waals surface area contributed by atoms with Crippen molar-refractivity contribution in [1.82, 2.24) is 19.6 Å². The second-order valence-electron chi connectivity index (χ2n) is 7.98. The number of rotatable bonds is 3. The van der Waals surface area contributed by atoms with Crippen molar-refractivity contribution in [3.05, 3.63) is 47.3 Å². The third-order valence-corrected chi connectivity index (χ3v) is 5.77. The molecule has 0 radical (unpaired) electrons. The van der Waals surface area contributed by atoms with E-state index in [2.05, 4.69) is 5.10 Å². The Labute approximate surface area is 189 Å². The van der Waals surface area contributed by atoms with Gasteiger partial charge in [-0.1, -0.05) is 6.07 Å². The van der Waals surface area contributed by atoms with Crippen molar-refractivity contribution >= 4 is 11.8 Å². The molecule has 7 nitrogen and oxygen atoms in total. The summed E-state index contributed by atoms with van der Waals surface area (Å²) in [4.78, 5) is 28.1. The standard InChI is InChI=1S/C21H20F6N4O3/c22-20(23,24)13-3-1-4-14(11-13)31-17(21(25,26)27)15(12-28-31)18(32)29-6-8-30(9-7-29)19(33)16-5-2-10-34-16/h1,3-4,11-12,16H,2,5-10H2/t16-/m1/s1. The van der Waals surface area contributed by atoms with Gasteiger partial charge in [0.1, 0.15) is 6.10 Å². The summed E-state index contributed by atoms with van der Waals surface area (Å²) in [6.45, 7) is 0.763. The quantitative estimate of drug-likeness (QED) is 0.619. The van der Waals surface area contributed by atoms with Gasteiger partial charge in [-0.2, -0.15) is 31.4 Å². The molecule has 4 rings (SSSR count). The van der Waals surface area contributed by atoms with E-state index >= 15 is 0 Å². The van der Waals surface area contributed by atoms with E-state index in [9.17, 15) is 35.9 Å². The van der Waals surface area contributed by atoms with Gasteiger partial charge in [-0.3, -0.25) is 9.59 Å². The number of halogens is 6. The minimum absolute atomic E-state index is 0.00330. The van der Waals surface area contributed by atoms with Crippen molar-refractivity contribution in [2.75, 3.05) is 32.8 Å². The van der Waals surface area contributed by atoms with E-state index in [4.69, 9.17) is 4.74 Å². The molecule has 0 aliphatic carbocycles. The summed E-state index contributed by atoms with van der Waals surface area (Å²) in [7, 11) is 0. The van der Waals surface area contributed by atoms with E-state index in [1.165, 1.54) is 9.80 Å². The van der Waals surface area contributed by atoms with Crippen LogP contribution in [0.1, 0.15) is 34.5 Å². The predicted molar refractivity (Wildman–Crippen MR) is 105 cm³/mol. The van der Waals surface area contributed by atoms with Gasteiger partial charge < -0.3 is 14.5 Å². The summed E-state index contributed by atoms with van der Waals surface area (Å²) >= 11 is 0. The maximum Gasteiger partial charge on any atom is 0.434 e. The Hall–Kier alpha value is -3.09. The SMILES string of the molecule is O=C(c1cnn(-c2cccc(C(F)(F)F)c2)c1C(F)(F)F)N1CCN(C(=O)[C@H]2CCCO2)CC1. The van der Waals surface area contributed by atoms with Crippen LogP contribution in [0.4, 0.5) is 26.3 Å². The van der Waals surface area contributed by atoms with Gasteiger partial charge in [-0.25, -0.2) is 4.68 Å². The molecule has 13 heteroatoms. The molecule has 2 amide bonds. The minimum atomic E-state index is -5.06. The minimum Gasteiger partial charge on any atom is -0.368 e. The van der Waals surface area contributed by atoms with Crippen molar-refractivity contribution in [2.45, 2.75) is 31.3 Å². The molecule has 2 aliphatic rings. The highest BCUT2D eigenvalue weighted by atomic mass is 19.4. The molecule has 2 fully saturated rings. The normalized spacial score (nSPS) is 19.5. The first-order valence-corrected chi connectivity index (χ1v) is 10.5. The number of carbonyl (C=O) groups is 2. The topological polar surface area (TPSA) is 67.7 Å². The molecule has 0 saturated carbocycles. The number of carbonyl (C=O) groups excluding carboxylic acids is 2. The smallest absolute Gasteiger partial charge is 0.368 e. The fourth-order valence-electron chi connectivity index (χ4n) is 4.06. The van der Waals surface area contributed by atoms with Crippen LogP contribution < -0.4 is 0 Å². The Morgan fingerprint density at radius 1 is 0.971 bits per heavy atom. The third-order valence-electron chi connectivity index (χ3n) is 5.77. The van der Waals surface area contributed by atoms with Crippen LogP contribution >= 0.6 is 0 Å². The van der Waals surface area contributed by atoms with E-state index in [0.29, 0.717) is 30.0 Å². The van der Waals surface area contributed by atoms with Crippen molar-refractivity contribution in [3.63, 3.8) is 0 Å². The molecule has 3 heterocycles. The molecule has 2 aliphatic heterocycles. The molecule has 1 atom stereocenters. The number of ether oxygens (including phenoxy) is 1. The molecule has 0 N–H and O–H groups in total. The summed E-state index contributed by atoms with van der Waals surface area (Å²) in [5.41, 5.74) is -3.86.